The number of benzene rings is 5. The SMILES string of the molecule is O=C(O[C@H](C(=O)c1ccccc1)c1ccc([N+](=O)[O-])cc1)c1ccc2c(c1)C(=O)N(c1cccc3ccccc13)C2=O. The lowest BCUT2D eigenvalue weighted by molar-refractivity contribution is -0.384. The fourth-order valence-electron chi connectivity index (χ4n) is 4.96. The number of nitrogens with zero attached hydrogens (tertiary/aromatic N) is 2. The largest absolute Gasteiger partial charge is 0.445 e. The molecule has 0 saturated heterocycles. The Bertz CT molecular complexity index is 1910. The van der Waals surface area contributed by atoms with Crippen LogP contribution in [-0.4, -0.2) is 28.5 Å². The fraction of sp³-hybridized carbons (Fsp3) is 0.0303. The smallest absolute Gasteiger partial charge is 0.339 e. The second kappa shape index (κ2) is 10.5. The van der Waals surface area contributed by atoms with Crippen LogP contribution in [0.2, 0.25) is 0 Å². The lowest BCUT2D eigenvalue weighted by atomic mass is 9.99. The van der Waals surface area contributed by atoms with Crippen molar-refractivity contribution in [3.8, 4) is 0 Å². The number of carbonyl (C=O) groups is 4. The third-order valence-corrected chi connectivity index (χ3v) is 7.06. The van der Waals surface area contributed by atoms with Gasteiger partial charge in [-0.3, -0.25) is 24.5 Å². The molecule has 6 rings (SSSR count). The highest BCUT2D eigenvalue weighted by atomic mass is 16.6. The van der Waals surface area contributed by atoms with Crippen LogP contribution in [0, 0.1) is 10.1 Å². The molecule has 5 aromatic rings. The van der Waals surface area contributed by atoms with Crippen molar-refractivity contribution in [2.24, 2.45) is 0 Å². The highest BCUT2D eigenvalue weighted by Crippen LogP contribution is 2.34. The minimum Gasteiger partial charge on any atom is -0.445 e. The van der Waals surface area contributed by atoms with E-state index in [4.69, 9.17) is 4.74 Å². The Morgan fingerprint density at radius 2 is 1.38 bits per heavy atom. The van der Waals surface area contributed by atoms with Crippen molar-refractivity contribution < 1.29 is 28.8 Å². The Morgan fingerprint density at radius 1 is 0.714 bits per heavy atom. The molecule has 1 heterocycles. The average Bonchev–Trinajstić information content (AvgIpc) is 3.28. The first-order valence-electron chi connectivity index (χ1n) is 12.9. The molecule has 0 radical (unpaired) electrons. The normalized spacial score (nSPS) is 13.1. The third kappa shape index (κ3) is 4.58. The van der Waals surface area contributed by atoms with Crippen LogP contribution in [0.4, 0.5) is 11.4 Å². The number of fused-ring (bicyclic) bond motifs is 2. The summed E-state index contributed by atoms with van der Waals surface area (Å²) in [5.41, 5.74) is 0.873. The summed E-state index contributed by atoms with van der Waals surface area (Å²) in [5.74, 6) is -2.55. The van der Waals surface area contributed by atoms with Gasteiger partial charge in [-0.25, -0.2) is 9.69 Å². The summed E-state index contributed by atoms with van der Waals surface area (Å²) in [7, 11) is 0. The maximum atomic E-state index is 13.5. The highest BCUT2D eigenvalue weighted by Gasteiger charge is 2.38. The van der Waals surface area contributed by atoms with Crippen molar-refractivity contribution >= 4 is 45.7 Å². The van der Waals surface area contributed by atoms with Gasteiger partial charge in [0.1, 0.15) is 0 Å². The number of hydrogen-bond donors (Lipinski definition) is 0. The first-order valence-corrected chi connectivity index (χ1v) is 12.9. The molecule has 0 bridgehead atoms. The summed E-state index contributed by atoms with van der Waals surface area (Å²) in [4.78, 5) is 65.2. The number of anilines is 1. The summed E-state index contributed by atoms with van der Waals surface area (Å²) in [5, 5.41) is 12.7. The summed E-state index contributed by atoms with van der Waals surface area (Å²) in [6.45, 7) is 0. The molecular weight excluding hydrogens is 536 g/mol. The third-order valence-electron chi connectivity index (χ3n) is 7.06. The van der Waals surface area contributed by atoms with E-state index in [0.717, 1.165) is 15.7 Å². The molecule has 0 aliphatic carbocycles. The van der Waals surface area contributed by atoms with Gasteiger partial charge in [-0.1, -0.05) is 66.7 Å². The number of esters is 1. The minimum atomic E-state index is -1.42. The van der Waals surface area contributed by atoms with Gasteiger partial charge < -0.3 is 4.74 Å². The number of Topliss-reactive ketones (excluding diaryl/α,β-unsaturated/α-hetero) is 1. The molecule has 2 amide bonds. The van der Waals surface area contributed by atoms with Crippen LogP contribution in [-0.2, 0) is 4.74 Å². The van der Waals surface area contributed by atoms with Crippen molar-refractivity contribution in [1.29, 1.82) is 0 Å². The molecule has 1 aliphatic heterocycles. The summed E-state index contributed by atoms with van der Waals surface area (Å²) in [6, 6.07) is 30.0. The zero-order valence-corrected chi connectivity index (χ0v) is 21.8. The number of imide groups is 1. The number of hydrogen-bond acceptors (Lipinski definition) is 7. The molecular formula is C33H20N2O7. The predicted octanol–water partition coefficient (Wildman–Crippen LogP) is 6.33. The van der Waals surface area contributed by atoms with Crippen LogP contribution < -0.4 is 4.90 Å². The molecule has 0 N–H and O–H groups in total. The number of rotatable bonds is 7. The van der Waals surface area contributed by atoms with Crippen LogP contribution in [0.25, 0.3) is 10.8 Å². The van der Waals surface area contributed by atoms with E-state index in [-0.39, 0.29) is 33.5 Å². The maximum Gasteiger partial charge on any atom is 0.339 e. The number of nitro benzene ring substituents is 1. The van der Waals surface area contributed by atoms with Gasteiger partial charge >= 0.3 is 5.97 Å². The lowest BCUT2D eigenvalue weighted by Crippen LogP contribution is -2.29. The van der Waals surface area contributed by atoms with Gasteiger partial charge in [0.2, 0.25) is 5.78 Å². The first kappa shape index (κ1) is 26.3. The lowest BCUT2D eigenvalue weighted by Gasteiger charge is -2.18. The van der Waals surface area contributed by atoms with Crippen molar-refractivity contribution in [1.82, 2.24) is 0 Å². The molecule has 0 aromatic heterocycles. The molecule has 1 aliphatic rings. The molecule has 0 spiro atoms. The summed E-state index contributed by atoms with van der Waals surface area (Å²) >= 11 is 0. The van der Waals surface area contributed by atoms with Gasteiger partial charge in [-0.05, 0) is 41.8 Å². The monoisotopic (exact) mass is 556 g/mol. The standard InChI is InChI=1S/C33H20N2O7/c36-29(21-8-2-1-3-9-21)30(22-13-16-24(17-14-22)35(40)41)42-33(39)23-15-18-26-27(19-23)32(38)34(31(26)37)28-12-6-10-20-7-4-5-11-25(20)28/h1-19,30H/t30-/m0/s1. The Labute approximate surface area is 238 Å². The van der Waals surface area contributed by atoms with Gasteiger partial charge in [-0.15, -0.1) is 0 Å². The van der Waals surface area contributed by atoms with E-state index in [9.17, 15) is 29.3 Å². The van der Waals surface area contributed by atoms with Crippen LogP contribution in [0.1, 0.15) is 53.1 Å². The Morgan fingerprint density at radius 3 is 2.12 bits per heavy atom. The van der Waals surface area contributed by atoms with E-state index in [2.05, 4.69) is 0 Å². The number of ether oxygens (including phenoxy) is 1. The Kier molecular flexibility index (Phi) is 6.60. The molecule has 5 aromatic carbocycles. The van der Waals surface area contributed by atoms with E-state index >= 15 is 0 Å². The van der Waals surface area contributed by atoms with Gasteiger partial charge in [0.05, 0.1) is 27.3 Å². The van der Waals surface area contributed by atoms with Crippen molar-refractivity contribution in [2.45, 2.75) is 6.10 Å². The highest BCUT2D eigenvalue weighted by molar-refractivity contribution is 6.36. The van der Waals surface area contributed by atoms with Crippen LogP contribution in [0.15, 0.2) is 115 Å². The van der Waals surface area contributed by atoms with Gasteiger partial charge in [0.15, 0.2) is 6.10 Å². The zero-order valence-electron chi connectivity index (χ0n) is 21.8. The minimum absolute atomic E-state index is 0.0312. The maximum absolute atomic E-state index is 13.5. The number of non-ortho nitro benzene ring substituents is 1. The summed E-state index contributed by atoms with van der Waals surface area (Å²) in [6.07, 6.45) is -1.42. The number of nitro groups is 1. The van der Waals surface area contributed by atoms with Crippen LogP contribution in [0.5, 0.6) is 0 Å². The number of ketones is 1. The van der Waals surface area contributed by atoms with E-state index < -0.39 is 34.6 Å². The molecule has 0 fully saturated rings. The molecule has 9 heteroatoms. The molecule has 0 saturated carbocycles. The van der Waals surface area contributed by atoms with Crippen LogP contribution in [0.3, 0.4) is 0 Å². The number of carbonyl (C=O) groups excluding carboxylic acids is 4. The van der Waals surface area contributed by atoms with Gasteiger partial charge in [0, 0.05) is 28.6 Å². The Hall–Kier alpha value is -5.96. The summed E-state index contributed by atoms with van der Waals surface area (Å²) < 4.78 is 5.66. The fourth-order valence-corrected chi connectivity index (χ4v) is 4.96. The molecule has 204 valence electrons. The first-order chi connectivity index (χ1) is 20.3. The molecule has 1 atom stereocenters. The van der Waals surface area contributed by atoms with Crippen LogP contribution >= 0.6 is 0 Å². The van der Waals surface area contributed by atoms with E-state index in [1.54, 1.807) is 42.5 Å². The average molecular weight is 557 g/mol. The topological polar surface area (TPSA) is 124 Å². The van der Waals surface area contributed by atoms with E-state index in [1.165, 1.54) is 42.5 Å². The van der Waals surface area contributed by atoms with Crippen molar-refractivity contribution in [2.75, 3.05) is 4.90 Å². The molecule has 0 unspecified atom stereocenters. The molecule has 9 nitrogen and oxygen atoms in total. The Balaban J connectivity index is 1.32. The zero-order chi connectivity index (χ0) is 29.4. The van der Waals surface area contributed by atoms with Gasteiger partial charge in [-0.2, -0.15) is 0 Å². The predicted molar refractivity (Wildman–Crippen MR) is 154 cm³/mol. The van der Waals surface area contributed by atoms with E-state index in [1.807, 2.05) is 30.3 Å². The second-order valence-electron chi connectivity index (χ2n) is 9.57. The molecule has 42 heavy (non-hydrogen) atoms. The quantitative estimate of drug-likeness (QED) is 0.0754. The van der Waals surface area contributed by atoms with Crippen molar-refractivity contribution in [3.05, 3.63) is 153 Å². The van der Waals surface area contributed by atoms with E-state index in [0.29, 0.717) is 5.69 Å². The number of amides is 2. The van der Waals surface area contributed by atoms with Crippen molar-refractivity contribution in [3.63, 3.8) is 0 Å². The second-order valence-corrected chi connectivity index (χ2v) is 9.57. The van der Waals surface area contributed by atoms with Gasteiger partial charge in [0.25, 0.3) is 17.5 Å².